The first-order valence-electron chi connectivity index (χ1n) is 9.36. The van der Waals surface area contributed by atoms with Crippen LogP contribution < -0.4 is 21.1 Å². The van der Waals surface area contributed by atoms with E-state index in [1.165, 1.54) is 23.5 Å². The van der Waals surface area contributed by atoms with Crippen LogP contribution in [0, 0.1) is 17.1 Å². The third-order valence-electron chi connectivity index (χ3n) is 6.36. The summed E-state index contributed by atoms with van der Waals surface area (Å²) >= 11 is 0. The second-order valence-electron chi connectivity index (χ2n) is 8.35. The van der Waals surface area contributed by atoms with Crippen molar-refractivity contribution in [2.75, 3.05) is 0 Å². The van der Waals surface area contributed by atoms with Crippen LogP contribution in [0.1, 0.15) is 28.7 Å². The lowest BCUT2D eigenvalue weighted by Gasteiger charge is -2.31. The Morgan fingerprint density at radius 2 is 1.61 bits per heavy atom. The lowest BCUT2D eigenvalue weighted by molar-refractivity contribution is -0.288. The van der Waals surface area contributed by atoms with Crippen molar-refractivity contribution in [1.82, 2.24) is 0 Å². The summed E-state index contributed by atoms with van der Waals surface area (Å²) in [4.78, 5) is 0. The molecule has 156 valence electrons. The van der Waals surface area contributed by atoms with E-state index >= 15 is 4.39 Å². The van der Waals surface area contributed by atoms with Gasteiger partial charge in [-0.3, -0.25) is 0 Å². The maximum absolute atomic E-state index is 15.4. The number of hydrogen-bond acceptors (Lipinski definition) is 3. The molecule has 4 rings (SSSR count). The SMILES string of the molecule is Bc1c(F)c(B)c(Oc2ccc3c4c2[C@@](B)(F)C[C@]4(O)C(F)(F)C3(F)F)c(B)c1C#N. The number of hydrogen-bond donors (Lipinski definition) is 1. The van der Waals surface area contributed by atoms with Crippen molar-refractivity contribution < 1.29 is 36.2 Å². The normalized spacial score (nSPS) is 27.0. The summed E-state index contributed by atoms with van der Waals surface area (Å²) in [6.07, 6.45) is -1.30. The molecule has 0 radical (unpaired) electrons. The van der Waals surface area contributed by atoms with E-state index in [1.807, 2.05) is 6.07 Å². The fraction of sp³-hybridized carbons (Fsp3) is 0.278. The molecular weight excluding hydrogens is 419 g/mol. The van der Waals surface area contributed by atoms with Gasteiger partial charge in [-0.05, 0) is 28.5 Å². The first-order chi connectivity index (χ1) is 14.1. The molecule has 0 amide bonds. The molecule has 2 aliphatic rings. The summed E-state index contributed by atoms with van der Waals surface area (Å²) in [5.74, 6) is -11.0. The standard InChI is InChI=1S/C18H13B4F6NO2/c19-10-5(3-29)11(20)14(12(21)13(10)23)31-7-2-1-6-8-9(7)16(22,24)4-15(8,30)18(27,28)17(6,25)26/h1-2,30H,4,19-22H2/t15-,16+/m1/s1. The Labute approximate surface area is 177 Å². The lowest BCUT2D eigenvalue weighted by Crippen LogP contribution is -2.49. The van der Waals surface area contributed by atoms with Gasteiger partial charge in [-0.2, -0.15) is 22.8 Å². The number of nitrogens with zero attached hydrogens (tertiary/aromatic N) is 1. The molecule has 2 atom stereocenters. The Bertz CT molecular complexity index is 1210. The summed E-state index contributed by atoms with van der Waals surface area (Å²) in [5.41, 5.74) is -8.52. The first-order valence-corrected chi connectivity index (χ1v) is 9.36. The van der Waals surface area contributed by atoms with Crippen LogP contribution in [0.4, 0.5) is 26.3 Å². The molecule has 0 saturated carbocycles. The van der Waals surface area contributed by atoms with Crippen LogP contribution in [0.2, 0.25) is 0 Å². The Morgan fingerprint density at radius 1 is 1.00 bits per heavy atom. The number of ether oxygens (including phenoxy) is 1. The fourth-order valence-corrected chi connectivity index (χ4v) is 4.83. The molecule has 0 aromatic heterocycles. The third kappa shape index (κ3) is 2.40. The Kier molecular flexibility index (Phi) is 4.25. The second-order valence-corrected chi connectivity index (χ2v) is 8.35. The minimum Gasteiger partial charge on any atom is -0.458 e. The topological polar surface area (TPSA) is 53.2 Å². The summed E-state index contributed by atoms with van der Waals surface area (Å²) in [7, 11) is 5.10. The molecule has 3 nitrogen and oxygen atoms in total. The minimum atomic E-state index is -4.94. The number of alkyl halides is 5. The van der Waals surface area contributed by atoms with E-state index in [1.54, 1.807) is 0 Å². The van der Waals surface area contributed by atoms with Crippen molar-refractivity contribution in [2.45, 2.75) is 29.4 Å². The number of aliphatic hydroxyl groups is 1. The molecule has 0 saturated heterocycles. The van der Waals surface area contributed by atoms with E-state index in [-0.39, 0.29) is 27.7 Å². The average molecular weight is 433 g/mol. The van der Waals surface area contributed by atoms with Gasteiger partial charge in [0.2, 0.25) is 0 Å². The van der Waals surface area contributed by atoms with E-state index in [9.17, 15) is 32.3 Å². The van der Waals surface area contributed by atoms with Crippen LogP contribution in [0.25, 0.3) is 0 Å². The van der Waals surface area contributed by atoms with Crippen molar-refractivity contribution in [1.29, 1.82) is 5.26 Å². The smallest absolute Gasteiger partial charge is 0.346 e. The summed E-state index contributed by atoms with van der Waals surface area (Å²) in [6, 6.07) is 3.40. The number of nitriles is 1. The van der Waals surface area contributed by atoms with E-state index in [0.29, 0.717) is 6.07 Å². The zero-order valence-electron chi connectivity index (χ0n) is 16.9. The van der Waals surface area contributed by atoms with Crippen molar-refractivity contribution in [3.63, 3.8) is 0 Å². The molecule has 0 fully saturated rings. The van der Waals surface area contributed by atoms with Crippen molar-refractivity contribution in [3.05, 3.63) is 40.2 Å². The van der Waals surface area contributed by atoms with Gasteiger partial charge >= 0.3 is 11.8 Å². The minimum absolute atomic E-state index is 0.0201. The first kappa shape index (κ1) is 21.8. The van der Waals surface area contributed by atoms with Crippen LogP contribution in [0.15, 0.2) is 12.1 Å². The summed E-state index contributed by atoms with van der Waals surface area (Å²) < 4.78 is 93.6. The van der Waals surface area contributed by atoms with E-state index < -0.39 is 57.7 Å². The van der Waals surface area contributed by atoms with Gasteiger partial charge in [0.15, 0.2) is 13.4 Å². The number of benzene rings is 2. The quantitative estimate of drug-likeness (QED) is 0.457. The fourth-order valence-electron chi connectivity index (χ4n) is 4.83. The lowest BCUT2D eigenvalue weighted by atomic mass is 9.74. The van der Waals surface area contributed by atoms with Crippen molar-refractivity contribution in [2.24, 2.45) is 0 Å². The van der Waals surface area contributed by atoms with Gasteiger partial charge in [0, 0.05) is 28.7 Å². The predicted octanol–water partition coefficient (Wildman–Crippen LogP) is -1.65. The van der Waals surface area contributed by atoms with Gasteiger partial charge in [-0.1, -0.05) is 0 Å². The summed E-state index contributed by atoms with van der Waals surface area (Å²) in [6.45, 7) is 0. The van der Waals surface area contributed by atoms with E-state index in [0.717, 1.165) is 13.9 Å². The molecule has 0 aliphatic heterocycles. The van der Waals surface area contributed by atoms with E-state index in [4.69, 9.17) is 4.74 Å². The molecule has 13 heteroatoms. The molecule has 0 spiro atoms. The summed E-state index contributed by atoms with van der Waals surface area (Å²) in [5, 5.41) is 19.9. The van der Waals surface area contributed by atoms with Crippen LogP contribution in [0.3, 0.4) is 0 Å². The van der Waals surface area contributed by atoms with Gasteiger partial charge in [0.1, 0.15) is 46.4 Å². The van der Waals surface area contributed by atoms with Crippen molar-refractivity contribution in [3.8, 4) is 17.6 Å². The molecule has 2 aromatic carbocycles. The largest absolute Gasteiger partial charge is 0.458 e. The van der Waals surface area contributed by atoms with Gasteiger partial charge < -0.3 is 9.84 Å². The highest BCUT2D eigenvalue weighted by molar-refractivity contribution is 6.47. The maximum atomic E-state index is 15.4. The molecule has 2 aromatic rings. The van der Waals surface area contributed by atoms with Gasteiger partial charge in [-0.25, -0.2) is 8.78 Å². The zero-order valence-corrected chi connectivity index (χ0v) is 16.9. The molecule has 2 aliphatic carbocycles. The molecule has 0 bridgehead atoms. The molecule has 31 heavy (non-hydrogen) atoms. The Hall–Kier alpha value is -2.47. The third-order valence-corrected chi connectivity index (χ3v) is 6.36. The maximum Gasteiger partial charge on any atom is 0.346 e. The monoisotopic (exact) mass is 433 g/mol. The van der Waals surface area contributed by atoms with Crippen LogP contribution in [-0.4, -0.2) is 42.4 Å². The van der Waals surface area contributed by atoms with Gasteiger partial charge in [-0.15, -0.1) is 0 Å². The number of halogens is 6. The van der Waals surface area contributed by atoms with Gasteiger partial charge in [0.25, 0.3) is 0 Å². The van der Waals surface area contributed by atoms with Gasteiger partial charge in [0.05, 0.1) is 6.07 Å². The highest BCUT2D eigenvalue weighted by Gasteiger charge is 2.80. The highest BCUT2D eigenvalue weighted by atomic mass is 19.3. The molecule has 1 N–H and O–H groups in total. The van der Waals surface area contributed by atoms with Crippen molar-refractivity contribution >= 4 is 47.8 Å². The highest BCUT2D eigenvalue weighted by Crippen LogP contribution is 2.69. The molecular formula is C18H13B4F6NO2. The molecule has 0 heterocycles. The van der Waals surface area contributed by atoms with Crippen LogP contribution in [0.5, 0.6) is 11.5 Å². The Balaban J connectivity index is 1.99. The zero-order chi connectivity index (χ0) is 23.3. The number of rotatable bonds is 2. The Morgan fingerprint density at radius 3 is 2.19 bits per heavy atom. The van der Waals surface area contributed by atoms with Crippen LogP contribution in [-0.2, 0) is 17.1 Å². The second kappa shape index (κ2) is 6.06. The molecule has 0 unspecified atom stereocenters. The van der Waals surface area contributed by atoms with E-state index in [2.05, 4.69) is 0 Å². The predicted molar refractivity (Wildman–Crippen MR) is 111 cm³/mol. The average Bonchev–Trinajstić information content (AvgIpc) is 2.96. The van der Waals surface area contributed by atoms with Crippen LogP contribution >= 0.6 is 0 Å².